The molecule has 3 aromatic carbocycles. The summed E-state index contributed by atoms with van der Waals surface area (Å²) in [6.45, 7) is 2.07. The quantitative estimate of drug-likeness (QED) is 0.370. The first-order valence-corrected chi connectivity index (χ1v) is 9.97. The third-order valence-corrected chi connectivity index (χ3v) is 4.56. The average Bonchev–Trinajstić information content (AvgIpc) is 2.75. The summed E-state index contributed by atoms with van der Waals surface area (Å²) < 4.78 is 11.4. The highest BCUT2D eigenvalue weighted by atomic mass is 35.5. The van der Waals surface area contributed by atoms with E-state index in [1.54, 1.807) is 37.4 Å². The van der Waals surface area contributed by atoms with Gasteiger partial charge in [-0.15, -0.1) is 0 Å². The number of ether oxygens (including phenoxy) is 2. The summed E-state index contributed by atoms with van der Waals surface area (Å²) >= 11 is 11.7. The van der Waals surface area contributed by atoms with Gasteiger partial charge in [0.1, 0.15) is 18.1 Å². The molecule has 0 aromatic heterocycles. The van der Waals surface area contributed by atoms with Gasteiger partial charge in [0.15, 0.2) is 6.10 Å². The van der Waals surface area contributed by atoms with Gasteiger partial charge in [0.2, 0.25) is 0 Å². The van der Waals surface area contributed by atoms with Crippen molar-refractivity contribution in [1.82, 2.24) is 5.43 Å². The number of rotatable bonds is 8. The third-order valence-electron chi connectivity index (χ3n) is 4.06. The topological polar surface area (TPSA) is 59.9 Å². The molecule has 1 atom stereocenters. The van der Waals surface area contributed by atoms with Gasteiger partial charge in [-0.05, 0) is 66.6 Å². The van der Waals surface area contributed by atoms with Crippen LogP contribution in [0.2, 0.25) is 10.0 Å². The van der Waals surface area contributed by atoms with Crippen LogP contribution < -0.4 is 14.9 Å². The van der Waals surface area contributed by atoms with Crippen LogP contribution in [0.25, 0.3) is 0 Å². The fourth-order valence-corrected chi connectivity index (χ4v) is 2.72. The molecule has 0 fully saturated rings. The molecule has 0 aliphatic rings. The van der Waals surface area contributed by atoms with Gasteiger partial charge in [0, 0.05) is 10.0 Å². The van der Waals surface area contributed by atoms with Crippen molar-refractivity contribution >= 4 is 35.3 Å². The molecule has 3 aromatic rings. The highest BCUT2D eigenvalue weighted by Crippen LogP contribution is 2.17. The maximum atomic E-state index is 12.1. The lowest BCUT2D eigenvalue weighted by atomic mass is 10.2. The predicted octanol–water partition coefficient (Wildman–Crippen LogP) is 5.49. The molecule has 0 spiro atoms. The van der Waals surface area contributed by atoms with Crippen molar-refractivity contribution in [1.29, 1.82) is 0 Å². The monoisotopic (exact) mass is 442 g/mol. The smallest absolute Gasteiger partial charge is 0.280 e. The van der Waals surface area contributed by atoms with Crippen LogP contribution in [0.1, 0.15) is 18.1 Å². The average molecular weight is 443 g/mol. The molecule has 1 amide bonds. The normalized spacial score (nSPS) is 11.8. The summed E-state index contributed by atoms with van der Waals surface area (Å²) in [6, 6.07) is 21.7. The Labute approximate surface area is 185 Å². The van der Waals surface area contributed by atoms with Crippen molar-refractivity contribution in [2.45, 2.75) is 19.6 Å². The Bertz CT molecular complexity index is 1010. The Morgan fingerprint density at radius 2 is 1.67 bits per heavy atom. The van der Waals surface area contributed by atoms with Gasteiger partial charge in [-0.3, -0.25) is 4.79 Å². The van der Waals surface area contributed by atoms with Gasteiger partial charge in [-0.25, -0.2) is 5.43 Å². The van der Waals surface area contributed by atoms with E-state index in [1.165, 1.54) is 0 Å². The highest BCUT2D eigenvalue weighted by molar-refractivity contribution is 6.30. The van der Waals surface area contributed by atoms with E-state index in [4.69, 9.17) is 32.7 Å². The number of hydrogen-bond donors (Lipinski definition) is 1. The lowest BCUT2D eigenvalue weighted by Crippen LogP contribution is -2.33. The maximum Gasteiger partial charge on any atom is 0.280 e. The van der Waals surface area contributed by atoms with E-state index in [0.717, 1.165) is 11.1 Å². The molecule has 154 valence electrons. The zero-order chi connectivity index (χ0) is 21.3. The van der Waals surface area contributed by atoms with Gasteiger partial charge in [-0.2, -0.15) is 5.10 Å². The maximum absolute atomic E-state index is 12.1. The van der Waals surface area contributed by atoms with E-state index in [2.05, 4.69) is 10.5 Å². The van der Waals surface area contributed by atoms with Crippen molar-refractivity contribution in [2.24, 2.45) is 5.10 Å². The number of benzene rings is 3. The lowest BCUT2D eigenvalue weighted by Gasteiger charge is -2.12. The third kappa shape index (κ3) is 6.79. The summed E-state index contributed by atoms with van der Waals surface area (Å²) in [5.41, 5.74) is 4.27. The predicted molar refractivity (Wildman–Crippen MR) is 120 cm³/mol. The number of halogens is 2. The van der Waals surface area contributed by atoms with Crippen LogP contribution in [-0.2, 0) is 11.4 Å². The fourth-order valence-electron chi connectivity index (χ4n) is 2.46. The first kappa shape index (κ1) is 21.7. The Hall–Kier alpha value is -3.02. The molecule has 30 heavy (non-hydrogen) atoms. The minimum absolute atomic E-state index is 0.364. The SMILES string of the molecule is C[C@@H](Oc1ccc(Cl)cc1)C(=O)N/N=C\c1cccc(OCc2ccc(Cl)cc2)c1. The number of hydrazone groups is 1. The van der Waals surface area contributed by atoms with Gasteiger partial charge < -0.3 is 9.47 Å². The molecular weight excluding hydrogens is 423 g/mol. The van der Waals surface area contributed by atoms with Gasteiger partial charge >= 0.3 is 0 Å². The number of nitrogens with one attached hydrogen (secondary N) is 1. The standard InChI is InChI=1S/C23H20Cl2N2O3/c1-16(30-21-11-9-20(25)10-12-21)23(28)27-26-14-18-3-2-4-22(13-18)29-15-17-5-7-19(24)8-6-17/h2-14,16H,15H2,1H3,(H,27,28)/b26-14-/t16-/m1/s1. The van der Waals surface area contributed by atoms with E-state index in [0.29, 0.717) is 28.2 Å². The molecule has 0 radical (unpaired) electrons. The summed E-state index contributed by atoms with van der Waals surface area (Å²) in [4.78, 5) is 12.1. The van der Waals surface area contributed by atoms with Gasteiger partial charge in [0.25, 0.3) is 5.91 Å². The molecular formula is C23H20Cl2N2O3. The van der Waals surface area contributed by atoms with Crippen molar-refractivity contribution in [2.75, 3.05) is 0 Å². The number of hydrogen-bond acceptors (Lipinski definition) is 4. The van der Waals surface area contributed by atoms with E-state index in [-0.39, 0.29) is 5.91 Å². The molecule has 0 aliphatic heterocycles. The van der Waals surface area contributed by atoms with Crippen molar-refractivity contribution in [3.8, 4) is 11.5 Å². The zero-order valence-electron chi connectivity index (χ0n) is 16.2. The molecule has 5 nitrogen and oxygen atoms in total. The number of carbonyl (C=O) groups is 1. The molecule has 0 bridgehead atoms. The number of carbonyl (C=O) groups excluding carboxylic acids is 1. The zero-order valence-corrected chi connectivity index (χ0v) is 17.7. The molecule has 0 saturated carbocycles. The Balaban J connectivity index is 1.50. The van der Waals surface area contributed by atoms with Crippen LogP contribution in [0.3, 0.4) is 0 Å². The Morgan fingerprint density at radius 3 is 2.37 bits per heavy atom. The van der Waals surface area contributed by atoms with Crippen molar-refractivity contribution < 1.29 is 14.3 Å². The van der Waals surface area contributed by atoms with Gasteiger partial charge in [-0.1, -0.05) is 47.5 Å². The summed E-state index contributed by atoms with van der Waals surface area (Å²) in [5, 5.41) is 5.28. The van der Waals surface area contributed by atoms with Crippen molar-refractivity contribution in [3.63, 3.8) is 0 Å². The van der Waals surface area contributed by atoms with E-state index >= 15 is 0 Å². The minimum Gasteiger partial charge on any atom is -0.489 e. The number of nitrogens with zero attached hydrogens (tertiary/aromatic N) is 1. The molecule has 1 N–H and O–H groups in total. The van der Waals surface area contributed by atoms with Crippen LogP contribution in [-0.4, -0.2) is 18.2 Å². The first-order chi connectivity index (χ1) is 14.5. The highest BCUT2D eigenvalue weighted by Gasteiger charge is 2.13. The van der Waals surface area contributed by atoms with Crippen molar-refractivity contribution in [3.05, 3.63) is 94.0 Å². The first-order valence-electron chi connectivity index (χ1n) is 9.22. The lowest BCUT2D eigenvalue weighted by molar-refractivity contribution is -0.127. The summed E-state index contributed by atoms with van der Waals surface area (Å²) in [5.74, 6) is 0.882. The minimum atomic E-state index is -0.711. The second kappa shape index (κ2) is 10.7. The van der Waals surface area contributed by atoms with E-state index < -0.39 is 6.10 Å². The Morgan fingerprint density at radius 1 is 1.00 bits per heavy atom. The van der Waals surface area contributed by atoms with Crippen LogP contribution in [0.15, 0.2) is 77.9 Å². The molecule has 7 heteroatoms. The van der Waals surface area contributed by atoms with Crippen LogP contribution in [0.5, 0.6) is 11.5 Å². The van der Waals surface area contributed by atoms with E-state index in [9.17, 15) is 4.79 Å². The van der Waals surface area contributed by atoms with Gasteiger partial charge in [0.05, 0.1) is 6.21 Å². The second-order valence-electron chi connectivity index (χ2n) is 6.44. The summed E-state index contributed by atoms with van der Waals surface area (Å²) in [7, 11) is 0. The molecule has 0 unspecified atom stereocenters. The van der Waals surface area contributed by atoms with Crippen LogP contribution >= 0.6 is 23.2 Å². The number of amides is 1. The molecule has 0 aliphatic carbocycles. The summed E-state index contributed by atoms with van der Waals surface area (Å²) in [6.07, 6.45) is 0.833. The largest absolute Gasteiger partial charge is 0.489 e. The van der Waals surface area contributed by atoms with Crippen LogP contribution in [0.4, 0.5) is 0 Å². The molecule has 0 heterocycles. The Kier molecular flexibility index (Phi) is 7.71. The second-order valence-corrected chi connectivity index (χ2v) is 7.31. The van der Waals surface area contributed by atoms with Crippen LogP contribution in [0, 0.1) is 0 Å². The fraction of sp³-hybridized carbons (Fsp3) is 0.130. The van der Waals surface area contributed by atoms with E-state index in [1.807, 2.05) is 48.5 Å². The molecule has 3 rings (SSSR count). The molecule has 0 saturated heterocycles.